The average Bonchev–Trinajstić information content (AvgIpc) is 3.17. The summed E-state index contributed by atoms with van der Waals surface area (Å²) in [5.74, 6) is -6.84. The first-order valence-corrected chi connectivity index (χ1v) is 12.1. The Kier molecular flexibility index (Phi) is 8.94. The highest BCUT2D eigenvalue weighted by Crippen LogP contribution is 2.27. The fraction of sp³-hybridized carbons (Fsp3) is 0.357. The topological polar surface area (TPSA) is 131 Å². The number of nitrogens with two attached hydrogens (primary N) is 1. The smallest absolute Gasteiger partial charge is 0.316 e. The number of aryl methyl sites for hydroxylation is 3. The maximum atomic E-state index is 13.6. The van der Waals surface area contributed by atoms with E-state index in [1.165, 1.54) is 0 Å². The highest BCUT2D eigenvalue weighted by Gasteiger charge is 2.42. The van der Waals surface area contributed by atoms with Gasteiger partial charge in [-0.25, -0.2) is 4.39 Å². The molecule has 2 aromatic carbocycles. The van der Waals surface area contributed by atoms with Crippen LogP contribution in [0.1, 0.15) is 35.5 Å². The summed E-state index contributed by atoms with van der Waals surface area (Å²) in [6.07, 6.45) is 1.24. The second kappa shape index (κ2) is 11.9. The van der Waals surface area contributed by atoms with E-state index in [0.29, 0.717) is 18.5 Å². The van der Waals surface area contributed by atoms with Crippen molar-refractivity contribution in [1.82, 2.24) is 9.88 Å². The molecule has 9 heteroatoms. The first-order valence-electron chi connectivity index (χ1n) is 12.1. The number of alkyl halides is 1. The van der Waals surface area contributed by atoms with E-state index in [1.54, 1.807) is 25.5 Å². The van der Waals surface area contributed by atoms with Gasteiger partial charge in [0.2, 0.25) is 0 Å². The Morgan fingerprint density at radius 2 is 1.62 bits per heavy atom. The number of para-hydroxylation sites is 1. The number of carboxylic acid groups (broad SMARTS) is 1. The van der Waals surface area contributed by atoms with Crippen LogP contribution in [0.2, 0.25) is 0 Å². The highest BCUT2D eigenvalue weighted by molar-refractivity contribution is 6.09. The van der Waals surface area contributed by atoms with Gasteiger partial charge < -0.3 is 20.7 Å². The Morgan fingerprint density at radius 1 is 1.00 bits per heavy atom. The Morgan fingerprint density at radius 3 is 2.22 bits per heavy atom. The van der Waals surface area contributed by atoms with Gasteiger partial charge in [-0.2, -0.15) is 0 Å². The summed E-state index contributed by atoms with van der Waals surface area (Å²) in [5, 5.41) is 13.2. The van der Waals surface area contributed by atoms with Crippen LogP contribution in [0.4, 0.5) is 4.39 Å². The molecule has 0 fully saturated rings. The quantitative estimate of drug-likeness (QED) is 0.322. The summed E-state index contributed by atoms with van der Waals surface area (Å²) in [7, 11) is 1.76. The number of nitrogens with zero attached hydrogens (tertiary/aromatic N) is 1. The maximum absolute atomic E-state index is 13.6. The van der Waals surface area contributed by atoms with Crippen LogP contribution in [0.3, 0.4) is 0 Å². The SMILES string of the molecule is CC(C)[C@H](NC(=O)c1c(CCc2ccccc2)c2ccccc2n1C)C(=O)C(C(=O)O)C(N)C(=O)CF. The molecule has 196 valence electrons. The number of hydrogen-bond acceptors (Lipinski definition) is 5. The van der Waals surface area contributed by atoms with E-state index in [9.17, 15) is 28.7 Å². The number of aromatic nitrogens is 1. The van der Waals surface area contributed by atoms with Crippen LogP contribution in [0, 0.1) is 11.8 Å². The van der Waals surface area contributed by atoms with Gasteiger partial charge in [0.25, 0.3) is 5.91 Å². The number of rotatable bonds is 12. The van der Waals surface area contributed by atoms with Crippen LogP contribution in [-0.2, 0) is 34.3 Å². The number of nitrogens with one attached hydrogen (secondary N) is 1. The number of amides is 1. The zero-order chi connectivity index (χ0) is 27.3. The van der Waals surface area contributed by atoms with Gasteiger partial charge in [-0.15, -0.1) is 0 Å². The van der Waals surface area contributed by atoms with Crippen LogP contribution in [0.5, 0.6) is 0 Å². The minimum Gasteiger partial charge on any atom is -0.481 e. The number of aliphatic carboxylic acids is 1. The summed E-state index contributed by atoms with van der Waals surface area (Å²) in [6.45, 7) is 1.79. The molecule has 37 heavy (non-hydrogen) atoms. The minimum absolute atomic E-state index is 0.353. The monoisotopic (exact) mass is 509 g/mol. The summed E-state index contributed by atoms with van der Waals surface area (Å²) < 4.78 is 14.6. The van der Waals surface area contributed by atoms with Crippen molar-refractivity contribution in [2.24, 2.45) is 24.6 Å². The first kappa shape index (κ1) is 27.7. The lowest BCUT2D eigenvalue weighted by Crippen LogP contribution is -2.55. The second-order valence-corrected chi connectivity index (χ2v) is 9.43. The molecule has 1 amide bonds. The van der Waals surface area contributed by atoms with E-state index in [0.717, 1.165) is 22.0 Å². The lowest BCUT2D eigenvalue weighted by molar-refractivity contribution is -0.150. The molecule has 3 atom stereocenters. The number of ketones is 2. The van der Waals surface area contributed by atoms with E-state index in [1.807, 2.05) is 54.6 Å². The molecule has 0 bridgehead atoms. The van der Waals surface area contributed by atoms with E-state index in [4.69, 9.17) is 5.73 Å². The Balaban J connectivity index is 1.97. The van der Waals surface area contributed by atoms with Crippen molar-refractivity contribution in [1.29, 1.82) is 0 Å². The lowest BCUT2D eigenvalue weighted by Gasteiger charge is -2.26. The number of halogens is 1. The zero-order valence-electron chi connectivity index (χ0n) is 21.1. The largest absolute Gasteiger partial charge is 0.481 e. The van der Waals surface area contributed by atoms with Crippen molar-refractivity contribution in [3.05, 3.63) is 71.4 Å². The van der Waals surface area contributed by atoms with Crippen molar-refractivity contribution in [3.8, 4) is 0 Å². The van der Waals surface area contributed by atoms with Gasteiger partial charge in [-0.05, 0) is 36.0 Å². The van der Waals surface area contributed by atoms with E-state index < -0.39 is 54.0 Å². The van der Waals surface area contributed by atoms with Crippen molar-refractivity contribution < 1.29 is 28.7 Å². The molecule has 0 aliphatic heterocycles. The molecule has 4 N–H and O–H groups in total. The molecule has 0 radical (unpaired) electrons. The predicted octanol–water partition coefficient (Wildman–Crippen LogP) is 2.85. The van der Waals surface area contributed by atoms with Crippen LogP contribution in [0.25, 0.3) is 10.9 Å². The fourth-order valence-electron chi connectivity index (χ4n) is 4.62. The summed E-state index contributed by atoms with van der Waals surface area (Å²) >= 11 is 0. The molecule has 3 aromatic rings. The number of carbonyl (C=O) groups excluding carboxylic acids is 3. The average molecular weight is 510 g/mol. The van der Waals surface area contributed by atoms with Gasteiger partial charge in [0.15, 0.2) is 11.6 Å². The molecule has 8 nitrogen and oxygen atoms in total. The summed E-state index contributed by atoms with van der Waals surface area (Å²) in [4.78, 5) is 50.5. The molecule has 0 saturated carbocycles. The molecular weight excluding hydrogens is 477 g/mol. The van der Waals surface area contributed by atoms with Crippen molar-refractivity contribution in [2.75, 3.05) is 6.67 Å². The van der Waals surface area contributed by atoms with Crippen molar-refractivity contribution >= 4 is 34.3 Å². The number of Topliss-reactive ketones (excluding diaryl/α,β-unsaturated/α-hetero) is 2. The van der Waals surface area contributed by atoms with Gasteiger partial charge >= 0.3 is 5.97 Å². The predicted molar refractivity (Wildman–Crippen MR) is 138 cm³/mol. The molecule has 0 aliphatic rings. The Labute approximate surface area is 214 Å². The third-order valence-corrected chi connectivity index (χ3v) is 6.63. The molecule has 1 aromatic heterocycles. The van der Waals surface area contributed by atoms with E-state index in [2.05, 4.69) is 5.32 Å². The van der Waals surface area contributed by atoms with Crippen LogP contribution >= 0.6 is 0 Å². The van der Waals surface area contributed by atoms with Crippen molar-refractivity contribution in [3.63, 3.8) is 0 Å². The molecule has 1 heterocycles. The number of carboxylic acids is 1. The molecule has 0 spiro atoms. The number of fused-ring (bicyclic) bond motifs is 1. The van der Waals surface area contributed by atoms with E-state index in [-0.39, 0.29) is 0 Å². The molecule has 3 rings (SSSR count). The number of carbonyl (C=O) groups is 4. The normalized spacial score (nSPS) is 13.8. The zero-order valence-corrected chi connectivity index (χ0v) is 21.1. The van der Waals surface area contributed by atoms with Gasteiger partial charge in [-0.1, -0.05) is 62.4 Å². The van der Waals surface area contributed by atoms with Crippen LogP contribution < -0.4 is 11.1 Å². The fourth-order valence-corrected chi connectivity index (χ4v) is 4.62. The number of benzene rings is 2. The Bertz CT molecular complexity index is 1300. The Hall–Kier alpha value is -3.85. The summed E-state index contributed by atoms with van der Waals surface area (Å²) in [6, 6.07) is 14.3. The first-order chi connectivity index (χ1) is 17.6. The number of hydrogen-bond donors (Lipinski definition) is 3. The van der Waals surface area contributed by atoms with Crippen LogP contribution in [-0.4, -0.2) is 51.9 Å². The molecular formula is C28H32FN3O5. The van der Waals surface area contributed by atoms with E-state index >= 15 is 0 Å². The van der Waals surface area contributed by atoms with Gasteiger partial charge in [0.05, 0.1) is 12.1 Å². The van der Waals surface area contributed by atoms with Gasteiger partial charge in [0, 0.05) is 18.0 Å². The molecule has 2 unspecified atom stereocenters. The van der Waals surface area contributed by atoms with Gasteiger partial charge in [-0.3, -0.25) is 19.2 Å². The second-order valence-electron chi connectivity index (χ2n) is 9.43. The standard InChI is InChI=1S/C28H32FN3O5/c1-16(2)24(26(34)22(28(36)37)23(30)21(33)15-29)31-27(35)25-19(14-13-17-9-5-4-6-10-17)18-11-7-8-12-20(18)32(25)3/h4-12,16,22-24H,13-15,30H2,1-3H3,(H,31,35)(H,36,37)/t22?,23?,24-/m0/s1. The lowest BCUT2D eigenvalue weighted by atomic mass is 9.85. The highest BCUT2D eigenvalue weighted by atomic mass is 19.1. The van der Waals surface area contributed by atoms with Crippen LogP contribution in [0.15, 0.2) is 54.6 Å². The molecule has 0 saturated heterocycles. The maximum Gasteiger partial charge on any atom is 0.316 e. The minimum atomic E-state index is -1.99. The van der Waals surface area contributed by atoms with Gasteiger partial charge in [0.1, 0.15) is 18.3 Å². The summed E-state index contributed by atoms with van der Waals surface area (Å²) in [5.41, 5.74) is 8.73. The molecule has 0 aliphatic carbocycles. The van der Waals surface area contributed by atoms with Crippen molar-refractivity contribution in [2.45, 2.75) is 38.8 Å². The third-order valence-electron chi connectivity index (χ3n) is 6.63. The third kappa shape index (κ3) is 5.94.